The van der Waals surface area contributed by atoms with Crippen LogP contribution in [0.5, 0.6) is 0 Å². The summed E-state index contributed by atoms with van der Waals surface area (Å²) in [5, 5.41) is -1.69. The van der Waals surface area contributed by atoms with Crippen molar-refractivity contribution < 1.29 is 129 Å². The molecule has 28 nitrogen and oxygen atoms in total. The van der Waals surface area contributed by atoms with E-state index in [1.165, 1.54) is 76.8 Å². The summed E-state index contributed by atoms with van der Waals surface area (Å²) in [7, 11) is 0. The van der Waals surface area contributed by atoms with Gasteiger partial charge >= 0.3 is 71.6 Å². The zero-order valence-corrected chi connectivity index (χ0v) is 55.3. The van der Waals surface area contributed by atoms with Gasteiger partial charge in [-0.2, -0.15) is 0 Å². The van der Waals surface area contributed by atoms with E-state index in [1.54, 1.807) is 0 Å². The lowest BCUT2D eigenvalue weighted by atomic mass is 9.91. The first-order chi connectivity index (χ1) is 41.9. The quantitative estimate of drug-likeness (QED) is 0.0284. The van der Waals surface area contributed by atoms with E-state index >= 15 is 0 Å². The molecule has 0 spiro atoms. The molecule has 3 fully saturated rings. The van der Waals surface area contributed by atoms with Crippen molar-refractivity contribution in [2.75, 3.05) is 66.0 Å². The SMILES string of the molecule is CC(=O)OC[C@H]1S[C@H](CCCOCC(CN=C=S)(COCCC[C@@H]2S[C@H](COC(C)=O)[C@@H](OC(C)=O)[C@H](OC(C)=O)[C@H]2OC(C)=O)COCCC[C@H]2S[C@H](COC(C)=O)[C@@H](OC(C)=O)[C@H](OC(C)=O)[C@@H]2OC(C)=O)[C@@H](OC(C)=O)[C@@H](OC(C)=O)[C@@H]1OC(C)=O. The Bertz CT molecular complexity index is 2230. The van der Waals surface area contributed by atoms with Gasteiger partial charge in [0.25, 0.3) is 0 Å². The summed E-state index contributed by atoms with van der Waals surface area (Å²) in [6.07, 6.45) is -8.97. The van der Waals surface area contributed by atoms with Crippen molar-refractivity contribution in [1.29, 1.82) is 0 Å². The molecule has 89 heavy (non-hydrogen) atoms. The van der Waals surface area contributed by atoms with Crippen LogP contribution in [0.25, 0.3) is 0 Å². The third-order valence-corrected chi connectivity index (χ3v) is 18.2. The van der Waals surface area contributed by atoms with Gasteiger partial charge in [0.05, 0.1) is 52.7 Å². The Hall–Kier alpha value is -5.63. The van der Waals surface area contributed by atoms with Crippen LogP contribution in [-0.2, 0) is 129 Å². The highest BCUT2D eigenvalue weighted by atomic mass is 32.2. The van der Waals surface area contributed by atoms with Crippen LogP contribution in [0, 0.1) is 5.41 Å². The van der Waals surface area contributed by atoms with Crippen molar-refractivity contribution in [3.63, 3.8) is 0 Å². The van der Waals surface area contributed by atoms with E-state index in [2.05, 4.69) is 10.2 Å². The molecule has 0 unspecified atom stereocenters. The number of aliphatic imine (C=N–C) groups is 1. The average molecular weight is 1340 g/mol. The maximum atomic E-state index is 12.6. The summed E-state index contributed by atoms with van der Waals surface area (Å²) in [5.74, 6) is -8.35. The molecule has 0 saturated carbocycles. The first-order valence-electron chi connectivity index (χ1n) is 28.6. The summed E-state index contributed by atoms with van der Waals surface area (Å²) in [6.45, 7) is 13.3. The van der Waals surface area contributed by atoms with Crippen molar-refractivity contribution in [2.24, 2.45) is 10.4 Å². The van der Waals surface area contributed by atoms with Crippen LogP contribution in [0.15, 0.2) is 4.99 Å². The Labute approximate surface area is 534 Å². The van der Waals surface area contributed by atoms with Crippen LogP contribution in [-0.4, -0.2) is 229 Å². The van der Waals surface area contributed by atoms with Gasteiger partial charge < -0.3 is 71.1 Å². The molecule has 3 heterocycles. The number of esters is 12. The van der Waals surface area contributed by atoms with Crippen molar-refractivity contribution in [3.05, 3.63) is 0 Å². The minimum absolute atomic E-state index is 0.0399. The molecule has 0 N–H and O–H groups in total. The Kier molecular flexibility index (Phi) is 34.5. The Balaban J connectivity index is 1.97. The van der Waals surface area contributed by atoms with Crippen LogP contribution in [0.4, 0.5) is 0 Å². The predicted molar refractivity (Wildman–Crippen MR) is 318 cm³/mol. The van der Waals surface area contributed by atoms with Gasteiger partial charge in [0.15, 0.2) is 54.9 Å². The molecule has 3 aliphatic rings. The topological polar surface area (TPSA) is 356 Å². The van der Waals surface area contributed by atoms with Gasteiger partial charge in [0, 0.05) is 119 Å². The Morgan fingerprint density at radius 3 is 0.753 bits per heavy atom. The summed E-state index contributed by atoms with van der Waals surface area (Å²) in [5.41, 5.74) is -1.10. The molecule has 0 aliphatic carbocycles. The maximum Gasteiger partial charge on any atom is 0.303 e. The van der Waals surface area contributed by atoms with Gasteiger partial charge in [-0.3, -0.25) is 57.5 Å². The van der Waals surface area contributed by atoms with Crippen LogP contribution in [0.1, 0.15) is 122 Å². The predicted octanol–water partition coefficient (Wildman–Crippen LogP) is 3.99. The number of isothiocyanates is 1. The molecular weight excluding hydrogens is 1260 g/mol. The first-order valence-corrected chi connectivity index (χ1v) is 31.9. The molecule has 0 aromatic rings. The molecule has 502 valence electrons. The summed E-state index contributed by atoms with van der Waals surface area (Å²) in [4.78, 5) is 152. The molecule has 3 rings (SSSR count). The summed E-state index contributed by atoms with van der Waals surface area (Å²) >= 11 is 8.71. The second kappa shape index (κ2) is 39.6. The molecular formula is C57H83NO27S4. The zero-order valence-electron chi connectivity index (χ0n) is 52.1. The van der Waals surface area contributed by atoms with Crippen LogP contribution in [0.3, 0.4) is 0 Å². The standard InChI is InChI=1S/C57H83NO27S4/c1-30(59)74-22-45-51(80-36(7)65)54(83-39(10)68)48(77-33(4)62)42(87-45)16-13-19-71-26-57(25-58-29-86,27-72-20-14-17-43-49(78-34(5)63)55(84-40(11)69)52(81-37(8)66)46(88-43)23-75-31(2)60)28-73-21-15-18-44-50(79-35(6)64)56(85-41(12)70)53(82-38(9)67)47(89-44)24-76-32(3)61/h42-56H,13-28H2,1-12H3/t42-,43-,44+,45-,46-,47-,48-,49-,50+,51-,52-,53-,54-,55-,56-/m1/s1. The zero-order chi connectivity index (χ0) is 66.5. The van der Waals surface area contributed by atoms with E-state index < -0.39 is 163 Å². The Morgan fingerprint density at radius 1 is 0.337 bits per heavy atom. The van der Waals surface area contributed by atoms with E-state index in [0.717, 1.165) is 41.5 Å². The smallest absolute Gasteiger partial charge is 0.303 e. The fraction of sp³-hybridized carbons (Fsp3) is 0.772. The highest BCUT2D eigenvalue weighted by Gasteiger charge is 2.54. The lowest BCUT2D eigenvalue weighted by Gasteiger charge is -2.44. The minimum atomic E-state index is -1.28. The van der Waals surface area contributed by atoms with Crippen molar-refractivity contribution in [3.8, 4) is 0 Å². The van der Waals surface area contributed by atoms with E-state index in [1.807, 2.05) is 0 Å². The van der Waals surface area contributed by atoms with Gasteiger partial charge in [-0.25, -0.2) is 4.99 Å². The van der Waals surface area contributed by atoms with E-state index in [4.69, 9.17) is 83.3 Å². The maximum absolute atomic E-state index is 12.6. The van der Waals surface area contributed by atoms with E-state index in [-0.39, 0.29) is 85.3 Å². The normalized spacial score (nSPS) is 27.0. The lowest BCUT2D eigenvalue weighted by Crippen LogP contribution is -2.58. The van der Waals surface area contributed by atoms with Crippen LogP contribution < -0.4 is 0 Å². The van der Waals surface area contributed by atoms with Crippen LogP contribution >= 0.6 is 47.5 Å². The molecule has 15 atom stereocenters. The van der Waals surface area contributed by atoms with Crippen LogP contribution in [0.2, 0.25) is 0 Å². The van der Waals surface area contributed by atoms with Crippen molar-refractivity contribution in [2.45, 2.75) is 208 Å². The summed E-state index contributed by atoms with van der Waals surface area (Å²) < 4.78 is 86.1. The van der Waals surface area contributed by atoms with E-state index in [9.17, 15) is 57.5 Å². The number of thioether (sulfide) groups is 3. The molecule has 32 heteroatoms. The number of thiocarbonyl (C=S) groups is 1. The minimum Gasteiger partial charge on any atom is -0.465 e. The first kappa shape index (κ1) is 77.6. The highest BCUT2D eigenvalue weighted by Crippen LogP contribution is 2.43. The second-order valence-corrected chi connectivity index (χ2v) is 25.8. The fourth-order valence-corrected chi connectivity index (χ4v) is 15.1. The van der Waals surface area contributed by atoms with Crippen molar-refractivity contribution >= 4 is 124 Å². The average Bonchev–Trinajstić information content (AvgIpc) is 1.95. The lowest BCUT2D eigenvalue weighted by molar-refractivity contribution is -0.186. The Morgan fingerprint density at radius 2 is 0.551 bits per heavy atom. The van der Waals surface area contributed by atoms with Gasteiger partial charge in [-0.05, 0) is 50.7 Å². The molecule has 0 aromatic heterocycles. The van der Waals surface area contributed by atoms with Gasteiger partial charge in [-0.1, -0.05) is 0 Å². The number of carbonyl (C=O) groups is 12. The van der Waals surface area contributed by atoms with Crippen molar-refractivity contribution in [1.82, 2.24) is 0 Å². The fourth-order valence-electron chi connectivity index (χ4n) is 10.1. The van der Waals surface area contributed by atoms with Gasteiger partial charge in [0.1, 0.15) is 19.8 Å². The number of hydrogen-bond donors (Lipinski definition) is 0. The summed E-state index contributed by atoms with van der Waals surface area (Å²) in [6, 6.07) is 0. The number of ether oxygens (including phenoxy) is 15. The number of hydrogen-bond acceptors (Lipinski definition) is 32. The number of rotatable bonds is 35. The number of carbonyl (C=O) groups excluding carboxylic acids is 12. The monoisotopic (exact) mass is 1340 g/mol. The third kappa shape index (κ3) is 28.2. The molecule has 0 radical (unpaired) electrons. The molecule has 0 aromatic carbocycles. The third-order valence-electron chi connectivity index (χ3n) is 13.3. The highest BCUT2D eigenvalue weighted by molar-refractivity contribution is 8.01. The molecule has 3 aliphatic heterocycles. The van der Waals surface area contributed by atoms with E-state index in [0.29, 0.717) is 19.3 Å². The molecule has 0 bridgehead atoms. The molecule has 0 amide bonds. The van der Waals surface area contributed by atoms with Gasteiger partial charge in [-0.15, -0.1) is 35.3 Å². The molecule has 3 saturated heterocycles. The second-order valence-electron chi connectivity index (χ2n) is 21.2. The number of nitrogens with zero attached hydrogens (tertiary/aromatic N) is 1. The van der Waals surface area contributed by atoms with Gasteiger partial charge in [0.2, 0.25) is 0 Å². The largest absolute Gasteiger partial charge is 0.465 e.